The predicted octanol–water partition coefficient (Wildman–Crippen LogP) is 4.06. The number of nitrogens with zero attached hydrogens (tertiary/aromatic N) is 2. The van der Waals surface area contributed by atoms with E-state index in [-0.39, 0.29) is 11.4 Å². The third-order valence-corrected chi connectivity index (χ3v) is 4.32. The number of hydroxylamine groups is 1. The Hall–Kier alpha value is -3.84. The van der Waals surface area contributed by atoms with E-state index in [9.17, 15) is 9.18 Å². The molecular formula is C21H15FN4O2. The summed E-state index contributed by atoms with van der Waals surface area (Å²) in [7, 11) is 0. The van der Waals surface area contributed by atoms with Gasteiger partial charge in [0.1, 0.15) is 11.6 Å². The first-order valence-corrected chi connectivity index (χ1v) is 8.47. The van der Waals surface area contributed by atoms with E-state index in [0.29, 0.717) is 22.8 Å². The Labute approximate surface area is 159 Å². The zero-order chi connectivity index (χ0) is 19.5. The average molecular weight is 374 g/mol. The van der Waals surface area contributed by atoms with E-state index in [1.165, 1.54) is 12.1 Å². The first-order valence-electron chi connectivity index (χ1n) is 8.47. The van der Waals surface area contributed by atoms with Crippen LogP contribution in [0.25, 0.3) is 33.9 Å². The monoisotopic (exact) mass is 374 g/mol. The van der Waals surface area contributed by atoms with E-state index in [1.807, 2.05) is 12.1 Å². The molecule has 2 aromatic carbocycles. The molecule has 0 saturated carbocycles. The van der Waals surface area contributed by atoms with Crippen LogP contribution in [-0.2, 0) is 0 Å². The molecule has 0 atom stereocenters. The normalized spacial score (nSPS) is 10.6. The minimum Gasteiger partial charge on any atom is -0.337 e. The fraction of sp³-hybridized carbons (Fsp3) is 0. The third-order valence-electron chi connectivity index (χ3n) is 4.32. The van der Waals surface area contributed by atoms with E-state index < -0.39 is 5.91 Å². The van der Waals surface area contributed by atoms with Crippen molar-refractivity contribution in [1.29, 1.82) is 0 Å². The van der Waals surface area contributed by atoms with Gasteiger partial charge in [0, 0.05) is 29.1 Å². The van der Waals surface area contributed by atoms with Gasteiger partial charge in [-0.1, -0.05) is 18.2 Å². The summed E-state index contributed by atoms with van der Waals surface area (Å²) < 4.78 is 13.4. The summed E-state index contributed by atoms with van der Waals surface area (Å²) in [6.45, 7) is 0. The molecule has 1 amide bonds. The number of hydrogen-bond donors (Lipinski definition) is 3. The molecule has 0 radical (unpaired) electrons. The van der Waals surface area contributed by atoms with Crippen LogP contribution in [-0.4, -0.2) is 26.1 Å². The highest BCUT2D eigenvalue weighted by Crippen LogP contribution is 2.33. The fourth-order valence-electron chi connectivity index (χ4n) is 2.99. The Balaban J connectivity index is 1.92. The molecule has 2 heterocycles. The lowest BCUT2D eigenvalue weighted by Gasteiger charge is -2.04. The lowest BCUT2D eigenvalue weighted by atomic mass is 10.1. The zero-order valence-electron chi connectivity index (χ0n) is 14.6. The van der Waals surface area contributed by atoms with Crippen LogP contribution in [0.1, 0.15) is 10.4 Å². The number of rotatable bonds is 4. The summed E-state index contributed by atoms with van der Waals surface area (Å²) in [6, 6.07) is 16.5. The van der Waals surface area contributed by atoms with Crippen LogP contribution in [0.4, 0.5) is 4.39 Å². The van der Waals surface area contributed by atoms with Gasteiger partial charge in [0.25, 0.3) is 5.91 Å². The maximum absolute atomic E-state index is 13.4. The summed E-state index contributed by atoms with van der Waals surface area (Å²) in [4.78, 5) is 24.0. The molecule has 0 unspecified atom stereocenters. The van der Waals surface area contributed by atoms with E-state index in [1.54, 1.807) is 54.3 Å². The largest absolute Gasteiger partial charge is 0.337 e. The first-order chi connectivity index (χ1) is 13.7. The van der Waals surface area contributed by atoms with E-state index in [4.69, 9.17) is 5.21 Å². The fourth-order valence-corrected chi connectivity index (χ4v) is 2.99. The molecule has 7 heteroatoms. The molecule has 28 heavy (non-hydrogen) atoms. The van der Waals surface area contributed by atoms with Crippen LogP contribution in [0.15, 0.2) is 73.1 Å². The summed E-state index contributed by atoms with van der Waals surface area (Å²) in [5.74, 6) is -0.527. The van der Waals surface area contributed by atoms with Gasteiger partial charge in [-0.25, -0.2) is 14.9 Å². The highest BCUT2D eigenvalue weighted by Gasteiger charge is 2.19. The van der Waals surface area contributed by atoms with Crippen LogP contribution in [0.3, 0.4) is 0 Å². The Bertz CT molecular complexity index is 1120. The number of aromatic amines is 1. The van der Waals surface area contributed by atoms with Gasteiger partial charge < -0.3 is 4.98 Å². The summed E-state index contributed by atoms with van der Waals surface area (Å²) in [5, 5.41) is 9.03. The minimum absolute atomic E-state index is 0.269. The number of halogens is 1. The number of benzene rings is 2. The topological polar surface area (TPSA) is 90.9 Å². The number of imidazole rings is 1. The van der Waals surface area contributed by atoms with Crippen LogP contribution in [0.5, 0.6) is 0 Å². The number of pyridine rings is 1. The molecular weight excluding hydrogens is 359 g/mol. The molecule has 4 rings (SSSR count). The number of H-pyrrole nitrogens is 1. The van der Waals surface area contributed by atoms with E-state index in [2.05, 4.69) is 15.0 Å². The minimum atomic E-state index is -0.638. The van der Waals surface area contributed by atoms with Gasteiger partial charge in [0.05, 0.1) is 17.0 Å². The lowest BCUT2D eigenvalue weighted by molar-refractivity contribution is 0.0707. The molecule has 0 saturated heterocycles. The Kier molecular flexibility index (Phi) is 4.65. The number of carbonyl (C=O) groups excluding carboxylic acids is 1. The summed E-state index contributed by atoms with van der Waals surface area (Å²) in [6.07, 6.45) is 3.33. The van der Waals surface area contributed by atoms with Crippen LogP contribution in [0, 0.1) is 5.82 Å². The molecule has 0 aliphatic carbocycles. The van der Waals surface area contributed by atoms with Gasteiger partial charge in [0.2, 0.25) is 0 Å². The van der Waals surface area contributed by atoms with Gasteiger partial charge in [-0.05, 0) is 42.5 Å². The van der Waals surface area contributed by atoms with Crippen LogP contribution in [0.2, 0.25) is 0 Å². The van der Waals surface area contributed by atoms with Crippen molar-refractivity contribution >= 4 is 5.91 Å². The maximum atomic E-state index is 13.4. The molecule has 0 fully saturated rings. The van der Waals surface area contributed by atoms with Crippen molar-refractivity contribution in [2.75, 3.05) is 0 Å². The SMILES string of the molecule is O=C(NO)c1ccccc1-c1nc(-c2ccc(F)cc2)c(-c2ccncc2)[nH]1. The Morgan fingerprint density at radius 2 is 1.68 bits per heavy atom. The number of carbonyl (C=O) groups is 1. The number of hydrogen-bond acceptors (Lipinski definition) is 4. The summed E-state index contributed by atoms with van der Waals surface area (Å²) in [5.41, 5.74) is 5.34. The highest BCUT2D eigenvalue weighted by molar-refractivity contribution is 6.00. The predicted molar refractivity (Wildman–Crippen MR) is 102 cm³/mol. The van der Waals surface area contributed by atoms with Crippen molar-refractivity contribution < 1.29 is 14.4 Å². The highest BCUT2D eigenvalue weighted by atomic mass is 19.1. The molecule has 0 bridgehead atoms. The van der Waals surface area contributed by atoms with Crippen molar-refractivity contribution in [3.05, 3.63) is 84.4 Å². The third kappa shape index (κ3) is 3.26. The average Bonchev–Trinajstić information content (AvgIpc) is 3.19. The first kappa shape index (κ1) is 17.6. The van der Waals surface area contributed by atoms with Crippen molar-refractivity contribution in [2.45, 2.75) is 0 Å². The van der Waals surface area contributed by atoms with Gasteiger partial charge in [-0.15, -0.1) is 0 Å². The van der Waals surface area contributed by atoms with Gasteiger partial charge in [-0.2, -0.15) is 0 Å². The van der Waals surface area contributed by atoms with Gasteiger partial charge in [0.15, 0.2) is 0 Å². The number of amides is 1. The molecule has 0 aliphatic heterocycles. The Morgan fingerprint density at radius 3 is 2.39 bits per heavy atom. The standard InChI is InChI=1S/C21H15FN4O2/c22-15-7-5-13(6-8-15)18-19(14-9-11-23-12-10-14)25-20(24-18)16-3-1-2-4-17(16)21(27)26-28/h1-12,28H,(H,24,25)(H,26,27). The van der Waals surface area contributed by atoms with Crippen molar-refractivity contribution in [3.63, 3.8) is 0 Å². The molecule has 6 nitrogen and oxygen atoms in total. The van der Waals surface area contributed by atoms with Gasteiger partial charge >= 0.3 is 0 Å². The molecule has 0 spiro atoms. The molecule has 2 aromatic heterocycles. The van der Waals surface area contributed by atoms with Crippen LogP contribution >= 0.6 is 0 Å². The smallest absolute Gasteiger partial charge is 0.275 e. The Morgan fingerprint density at radius 1 is 0.964 bits per heavy atom. The van der Waals surface area contributed by atoms with Crippen molar-refractivity contribution in [1.82, 2.24) is 20.4 Å². The van der Waals surface area contributed by atoms with Crippen molar-refractivity contribution in [2.24, 2.45) is 0 Å². The van der Waals surface area contributed by atoms with E-state index in [0.717, 1.165) is 11.1 Å². The molecule has 0 aliphatic rings. The molecule has 4 aromatic rings. The summed E-state index contributed by atoms with van der Waals surface area (Å²) >= 11 is 0. The molecule has 3 N–H and O–H groups in total. The quantitative estimate of drug-likeness (QED) is 0.371. The second kappa shape index (κ2) is 7.42. The maximum Gasteiger partial charge on any atom is 0.275 e. The van der Waals surface area contributed by atoms with E-state index >= 15 is 0 Å². The van der Waals surface area contributed by atoms with Gasteiger partial charge in [-0.3, -0.25) is 15.0 Å². The second-order valence-electron chi connectivity index (χ2n) is 6.04. The van der Waals surface area contributed by atoms with Crippen LogP contribution < -0.4 is 5.48 Å². The second-order valence-corrected chi connectivity index (χ2v) is 6.04. The zero-order valence-corrected chi connectivity index (χ0v) is 14.6. The number of nitrogens with one attached hydrogen (secondary N) is 2. The number of aromatic nitrogens is 3. The van der Waals surface area contributed by atoms with Crippen molar-refractivity contribution in [3.8, 4) is 33.9 Å². The lowest BCUT2D eigenvalue weighted by Crippen LogP contribution is -2.19. The molecule has 138 valence electrons.